The lowest BCUT2D eigenvalue weighted by Gasteiger charge is -2.32. The summed E-state index contributed by atoms with van der Waals surface area (Å²) in [5.41, 5.74) is -0.163. The third-order valence-corrected chi connectivity index (χ3v) is 6.12. The van der Waals surface area contributed by atoms with Gasteiger partial charge < -0.3 is 9.84 Å². The predicted molar refractivity (Wildman–Crippen MR) is 119 cm³/mol. The summed E-state index contributed by atoms with van der Waals surface area (Å²) in [6.45, 7) is 9.95. The van der Waals surface area contributed by atoms with Crippen molar-refractivity contribution < 1.29 is 24.2 Å². The molecule has 0 radical (unpaired) electrons. The van der Waals surface area contributed by atoms with Crippen LogP contribution in [0.15, 0.2) is 24.3 Å². The molecule has 0 aliphatic heterocycles. The number of rotatable bonds is 13. The van der Waals surface area contributed by atoms with Gasteiger partial charge in [-0.05, 0) is 43.6 Å². The molecule has 30 heavy (non-hydrogen) atoms. The first kappa shape index (κ1) is 26.1. The van der Waals surface area contributed by atoms with Crippen molar-refractivity contribution >= 4 is 17.7 Å². The Morgan fingerprint density at radius 1 is 1.27 bits per heavy atom. The number of allylic oxidation sites excluding steroid dienone is 3. The number of hydrogen-bond donors (Lipinski definition) is 1. The zero-order chi connectivity index (χ0) is 22.7. The molecule has 170 valence electrons. The summed E-state index contributed by atoms with van der Waals surface area (Å²) in [6, 6.07) is 0. The average Bonchev–Trinajstić information content (AvgIpc) is 2.92. The molecule has 1 rings (SSSR count). The highest BCUT2D eigenvalue weighted by atomic mass is 16.5. The second kappa shape index (κ2) is 12.7. The maximum atomic E-state index is 12.5. The van der Waals surface area contributed by atoms with E-state index in [0.29, 0.717) is 25.7 Å². The Bertz CT molecular complexity index is 631. The van der Waals surface area contributed by atoms with Crippen molar-refractivity contribution in [1.82, 2.24) is 0 Å². The van der Waals surface area contributed by atoms with E-state index < -0.39 is 5.97 Å². The zero-order valence-electron chi connectivity index (χ0n) is 19.4. The van der Waals surface area contributed by atoms with Crippen LogP contribution >= 0.6 is 0 Å². The number of aliphatic carboxylic acids is 1. The fourth-order valence-electron chi connectivity index (χ4n) is 4.20. The molecule has 1 fully saturated rings. The van der Waals surface area contributed by atoms with Crippen LogP contribution in [0.2, 0.25) is 0 Å². The quantitative estimate of drug-likeness (QED) is 0.234. The monoisotopic (exact) mass is 420 g/mol. The molecule has 0 saturated heterocycles. The van der Waals surface area contributed by atoms with Crippen molar-refractivity contribution in [1.29, 1.82) is 0 Å². The zero-order valence-corrected chi connectivity index (χ0v) is 19.4. The number of hydrogen-bond acceptors (Lipinski definition) is 4. The summed E-state index contributed by atoms with van der Waals surface area (Å²) in [6.07, 6.45) is 13.6. The highest BCUT2D eigenvalue weighted by Gasteiger charge is 2.38. The molecule has 0 spiro atoms. The van der Waals surface area contributed by atoms with Crippen molar-refractivity contribution in [3.05, 3.63) is 24.3 Å². The smallest absolute Gasteiger partial charge is 0.303 e. The van der Waals surface area contributed by atoms with Gasteiger partial charge in [0.25, 0.3) is 0 Å². The van der Waals surface area contributed by atoms with E-state index in [1.54, 1.807) is 0 Å². The number of carbonyl (C=O) groups is 3. The van der Waals surface area contributed by atoms with Gasteiger partial charge >= 0.3 is 11.9 Å². The van der Waals surface area contributed by atoms with Crippen LogP contribution in [0.3, 0.4) is 0 Å². The number of Topliss-reactive ketones (excluding diaryl/α,β-unsaturated/α-hetero) is 1. The molecule has 1 unspecified atom stereocenters. The molecule has 1 aliphatic carbocycles. The van der Waals surface area contributed by atoms with E-state index in [-0.39, 0.29) is 47.4 Å². The molecule has 0 amide bonds. The lowest BCUT2D eigenvalue weighted by Crippen LogP contribution is -2.32. The number of ether oxygens (including phenoxy) is 1. The number of carbonyl (C=O) groups excluding carboxylic acids is 2. The SMILES string of the molecule is CCCCC(C)(C)C(/C=C/[C@@H]1[C@H](C)CC(=O)[C@@H]1C/C=C\CCCC(=O)O)OC(C)=O. The number of esters is 1. The molecule has 5 heteroatoms. The van der Waals surface area contributed by atoms with Gasteiger partial charge in [0.2, 0.25) is 0 Å². The third kappa shape index (κ3) is 8.85. The van der Waals surface area contributed by atoms with Crippen LogP contribution in [0.4, 0.5) is 0 Å². The van der Waals surface area contributed by atoms with Gasteiger partial charge in [0.1, 0.15) is 11.9 Å². The first-order chi connectivity index (χ1) is 14.1. The van der Waals surface area contributed by atoms with Crippen molar-refractivity contribution in [3.63, 3.8) is 0 Å². The minimum atomic E-state index is -0.780. The van der Waals surface area contributed by atoms with Crippen LogP contribution in [-0.2, 0) is 19.1 Å². The normalized spacial score (nSPS) is 23.4. The van der Waals surface area contributed by atoms with Crippen LogP contribution in [0.25, 0.3) is 0 Å². The molecular formula is C25H40O5. The number of ketones is 1. The molecule has 1 aliphatic rings. The van der Waals surface area contributed by atoms with Gasteiger partial charge in [-0.25, -0.2) is 0 Å². The molecule has 0 aromatic heterocycles. The molecule has 0 bridgehead atoms. The maximum Gasteiger partial charge on any atom is 0.303 e. The Kier molecular flexibility index (Phi) is 11.1. The van der Waals surface area contributed by atoms with Crippen molar-refractivity contribution in [3.8, 4) is 0 Å². The minimum Gasteiger partial charge on any atom is -0.481 e. The van der Waals surface area contributed by atoms with Crippen LogP contribution in [0, 0.1) is 23.2 Å². The summed E-state index contributed by atoms with van der Waals surface area (Å²) in [4.78, 5) is 34.8. The second-order valence-corrected chi connectivity index (χ2v) is 9.33. The number of carboxylic acids is 1. The van der Waals surface area contributed by atoms with Gasteiger partial charge in [-0.15, -0.1) is 0 Å². The van der Waals surface area contributed by atoms with Crippen LogP contribution < -0.4 is 0 Å². The van der Waals surface area contributed by atoms with Gasteiger partial charge in [0, 0.05) is 31.1 Å². The van der Waals surface area contributed by atoms with Gasteiger partial charge in [-0.2, -0.15) is 0 Å². The third-order valence-electron chi connectivity index (χ3n) is 6.12. The Labute approximate surface area is 182 Å². The largest absolute Gasteiger partial charge is 0.481 e. The first-order valence-electron chi connectivity index (χ1n) is 11.3. The van der Waals surface area contributed by atoms with Gasteiger partial charge in [0.15, 0.2) is 0 Å². The number of carboxylic acid groups (broad SMARTS) is 1. The van der Waals surface area contributed by atoms with E-state index in [4.69, 9.17) is 9.84 Å². The topological polar surface area (TPSA) is 80.7 Å². The Balaban J connectivity index is 2.83. The average molecular weight is 421 g/mol. The van der Waals surface area contributed by atoms with Crippen molar-refractivity contribution in [2.75, 3.05) is 0 Å². The molecule has 4 atom stereocenters. The Hall–Kier alpha value is -1.91. The van der Waals surface area contributed by atoms with Crippen molar-refractivity contribution in [2.24, 2.45) is 23.2 Å². The Morgan fingerprint density at radius 3 is 2.57 bits per heavy atom. The van der Waals surface area contributed by atoms with Crippen LogP contribution in [0.5, 0.6) is 0 Å². The fraction of sp³-hybridized carbons (Fsp3) is 0.720. The number of unbranched alkanes of at least 4 members (excludes halogenated alkanes) is 2. The van der Waals surface area contributed by atoms with E-state index in [2.05, 4.69) is 33.8 Å². The van der Waals surface area contributed by atoms with E-state index in [1.165, 1.54) is 6.92 Å². The molecule has 1 N–H and O–H groups in total. The summed E-state index contributed by atoms with van der Waals surface area (Å²) >= 11 is 0. The highest BCUT2D eigenvalue weighted by Crippen LogP contribution is 2.39. The van der Waals surface area contributed by atoms with Gasteiger partial charge in [-0.3, -0.25) is 14.4 Å². The molecule has 5 nitrogen and oxygen atoms in total. The van der Waals surface area contributed by atoms with Crippen LogP contribution in [0.1, 0.15) is 86.0 Å². The second-order valence-electron chi connectivity index (χ2n) is 9.33. The van der Waals surface area contributed by atoms with Crippen LogP contribution in [-0.4, -0.2) is 28.9 Å². The van der Waals surface area contributed by atoms with Gasteiger partial charge in [0.05, 0.1) is 0 Å². The van der Waals surface area contributed by atoms with Crippen molar-refractivity contribution in [2.45, 2.75) is 92.1 Å². The maximum absolute atomic E-state index is 12.5. The predicted octanol–water partition coefficient (Wildman–Crippen LogP) is 5.73. The van der Waals surface area contributed by atoms with E-state index >= 15 is 0 Å². The molecular weight excluding hydrogens is 380 g/mol. The summed E-state index contributed by atoms with van der Waals surface area (Å²) in [7, 11) is 0. The molecule has 1 saturated carbocycles. The lowest BCUT2D eigenvalue weighted by atomic mass is 9.79. The van der Waals surface area contributed by atoms with E-state index in [1.807, 2.05) is 18.2 Å². The standard InChI is InChI=1S/C25H40O5/c1-6-7-16-25(4,5)23(30-19(3)26)15-14-20-18(2)17-22(27)21(20)12-10-8-9-11-13-24(28)29/h8,10,14-15,18,20-21,23H,6-7,9,11-13,16-17H2,1-5H3,(H,28,29)/b10-8-,15-14+/t18-,20-,21-,23?/m1/s1. The summed E-state index contributed by atoms with van der Waals surface area (Å²) < 4.78 is 5.64. The Morgan fingerprint density at radius 2 is 1.97 bits per heavy atom. The van der Waals surface area contributed by atoms with E-state index in [0.717, 1.165) is 19.3 Å². The van der Waals surface area contributed by atoms with Gasteiger partial charge in [-0.1, -0.05) is 58.8 Å². The van der Waals surface area contributed by atoms with E-state index in [9.17, 15) is 14.4 Å². The minimum absolute atomic E-state index is 0.0660. The molecule has 0 aromatic carbocycles. The summed E-state index contributed by atoms with van der Waals surface area (Å²) in [5, 5.41) is 8.70. The summed E-state index contributed by atoms with van der Waals surface area (Å²) in [5.74, 6) is -0.467. The molecule has 0 heterocycles. The first-order valence-corrected chi connectivity index (χ1v) is 11.3. The fourth-order valence-corrected chi connectivity index (χ4v) is 4.20. The lowest BCUT2D eigenvalue weighted by molar-refractivity contribution is -0.149. The highest BCUT2D eigenvalue weighted by molar-refractivity contribution is 5.84. The molecule has 0 aromatic rings.